The van der Waals surface area contributed by atoms with Gasteiger partial charge in [-0.3, -0.25) is 0 Å². The molecule has 0 nitrogen and oxygen atoms in total. The van der Waals surface area contributed by atoms with Crippen LogP contribution in [-0.2, 0) is 0 Å². The van der Waals surface area contributed by atoms with Crippen molar-refractivity contribution in [1.29, 1.82) is 0 Å². The molecule has 1 unspecified atom stereocenters. The van der Waals surface area contributed by atoms with Gasteiger partial charge in [-0.1, -0.05) is 23.4 Å². The third-order valence-corrected chi connectivity index (χ3v) is 6.11. The molecule has 14 heavy (non-hydrogen) atoms. The Balaban J connectivity index is 3.42. The zero-order valence-corrected chi connectivity index (χ0v) is 11.1. The van der Waals surface area contributed by atoms with Crippen LogP contribution in [0.25, 0.3) is 0 Å². The van der Waals surface area contributed by atoms with Gasteiger partial charge in [-0.25, -0.2) is 0 Å². The van der Waals surface area contributed by atoms with E-state index in [9.17, 15) is 0 Å². The molecular formula is C12H17ClSi. The Hall–Kier alpha value is -0.533. The summed E-state index contributed by atoms with van der Waals surface area (Å²) >= 11 is 6.53. The molecule has 1 aromatic rings. The number of aryl methyl sites for hydroxylation is 3. The van der Waals surface area contributed by atoms with Crippen LogP contribution in [0.15, 0.2) is 24.4 Å². The third-order valence-electron chi connectivity index (χ3n) is 2.55. The van der Waals surface area contributed by atoms with Crippen molar-refractivity contribution in [3.8, 4) is 0 Å². The number of benzene rings is 1. The highest BCUT2D eigenvalue weighted by Crippen LogP contribution is 2.17. The van der Waals surface area contributed by atoms with Gasteiger partial charge in [0, 0.05) is 0 Å². The zero-order chi connectivity index (χ0) is 10.9. The Labute approximate surface area is 92.3 Å². The standard InChI is InChI=1S/C12H17ClSi/c1-6-14(5,13)12-10(3)7-9(2)8-11(12)4/h6-8H,1H2,2-5H3. The van der Waals surface area contributed by atoms with Crippen LogP contribution < -0.4 is 5.19 Å². The molecule has 0 aromatic heterocycles. The molecule has 0 radical (unpaired) electrons. The van der Waals surface area contributed by atoms with Gasteiger partial charge < -0.3 is 0 Å². The van der Waals surface area contributed by atoms with Gasteiger partial charge in [0.2, 0.25) is 7.38 Å². The molecule has 0 bridgehead atoms. The Morgan fingerprint density at radius 2 is 1.64 bits per heavy atom. The molecule has 1 atom stereocenters. The first-order valence-electron chi connectivity index (χ1n) is 4.79. The molecular weight excluding hydrogens is 208 g/mol. The predicted molar refractivity (Wildman–Crippen MR) is 68.0 cm³/mol. The Bertz CT molecular complexity index is 344. The van der Waals surface area contributed by atoms with Gasteiger partial charge in [-0.15, -0.1) is 6.58 Å². The van der Waals surface area contributed by atoms with Gasteiger partial charge >= 0.3 is 0 Å². The summed E-state index contributed by atoms with van der Waals surface area (Å²) in [6, 6.07) is 4.39. The fourth-order valence-electron chi connectivity index (χ4n) is 2.05. The van der Waals surface area contributed by atoms with Crippen molar-refractivity contribution in [2.75, 3.05) is 0 Å². The molecule has 0 saturated carbocycles. The molecule has 0 amide bonds. The maximum absolute atomic E-state index is 6.53. The second-order valence-corrected chi connectivity index (χ2v) is 9.47. The topological polar surface area (TPSA) is 0 Å². The van der Waals surface area contributed by atoms with Gasteiger partial charge in [0.05, 0.1) is 0 Å². The fourth-order valence-corrected chi connectivity index (χ4v) is 4.84. The lowest BCUT2D eigenvalue weighted by Crippen LogP contribution is -2.40. The molecule has 0 aliphatic rings. The Morgan fingerprint density at radius 3 is 2.00 bits per heavy atom. The number of hydrogen-bond donors (Lipinski definition) is 0. The smallest absolute Gasteiger partial charge is 0.156 e. The molecule has 1 rings (SSSR count). The van der Waals surface area contributed by atoms with Crippen molar-refractivity contribution in [1.82, 2.24) is 0 Å². The lowest BCUT2D eigenvalue weighted by atomic mass is 10.1. The molecule has 76 valence electrons. The summed E-state index contributed by atoms with van der Waals surface area (Å²) in [5.74, 6) is 0. The maximum Gasteiger partial charge on any atom is 0.207 e. The van der Waals surface area contributed by atoms with Crippen LogP contribution in [0.1, 0.15) is 16.7 Å². The molecule has 0 aliphatic carbocycles. The van der Waals surface area contributed by atoms with E-state index in [0.717, 1.165) is 0 Å². The van der Waals surface area contributed by atoms with Crippen LogP contribution in [0, 0.1) is 20.8 Å². The van der Waals surface area contributed by atoms with Crippen LogP contribution in [-0.4, -0.2) is 7.38 Å². The normalized spacial score (nSPS) is 14.9. The first-order valence-corrected chi connectivity index (χ1v) is 8.38. The predicted octanol–water partition coefficient (Wildman–Crippen LogP) is 3.36. The summed E-state index contributed by atoms with van der Waals surface area (Å²) in [7, 11) is -1.93. The number of hydrogen-bond acceptors (Lipinski definition) is 0. The van der Waals surface area contributed by atoms with Crippen molar-refractivity contribution in [2.24, 2.45) is 0 Å². The second-order valence-electron chi connectivity index (χ2n) is 4.05. The molecule has 0 saturated heterocycles. The van der Waals surface area contributed by atoms with Crippen LogP contribution >= 0.6 is 11.1 Å². The van der Waals surface area contributed by atoms with Crippen LogP contribution in [0.2, 0.25) is 6.55 Å². The molecule has 0 heterocycles. The van der Waals surface area contributed by atoms with Crippen LogP contribution in [0.5, 0.6) is 0 Å². The van der Waals surface area contributed by atoms with Gasteiger partial charge in [0.15, 0.2) is 0 Å². The molecule has 2 heteroatoms. The first-order chi connectivity index (χ1) is 6.38. The summed E-state index contributed by atoms with van der Waals surface area (Å²) < 4.78 is 0. The van der Waals surface area contributed by atoms with Crippen molar-refractivity contribution >= 4 is 23.6 Å². The van der Waals surface area contributed by atoms with E-state index < -0.39 is 7.38 Å². The minimum Gasteiger partial charge on any atom is -0.156 e. The summed E-state index contributed by atoms with van der Waals surface area (Å²) in [6.45, 7) is 12.3. The minimum atomic E-state index is -1.93. The van der Waals surface area contributed by atoms with E-state index in [1.165, 1.54) is 21.9 Å². The second kappa shape index (κ2) is 3.91. The van der Waals surface area contributed by atoms with Crippen LogP contribution in [0.4, 0.5) is 0 Å². The lowest BCUT2D eigenvalue weighted by Gasteiger charge is -2.21. The SMILES string of the molecule is C=C[Si](C)(Cl)c1c(C)cc(C)cc1C. The average Bonchev–Trinajstić information content (AvgIpc) is 2.01. The highest BCUT2D eigenvalue weighted by Gasteiger charge is 2.26. The van der Waals surface area contributed by atoms with Gasteiger partial charge in [0.1, 0.15) is 0 Å². The minimum absolute atomic E-state index is 1.30. The largest absolute Gasteiger partial charge is 0.207 e. The highest BCUT2D eigenvalue weighted by atomic mass is 35.6. The van der Waals surface area contributed by atoms with E-state index in [4.69, 9.17) is 11.1 Å². The zero-order valence-electron chi connectivity index (χ0n) is 9.32. The summed E-state index contributed by atoms with van der Waals surface area (Å²) in [6.07, 6.45) is 0. The fraction of sp³-hybridized carbons (Fsp3) is 0.333. The van der Waals surface area contributed by atoms with Crippen molar-refractivity contribution < 1.29 is 0 Å². The summed E-state index contributed by atoms with van der Waals surface area (Å²) in [5, 5.41) is 1.32. The van der Waals surface area contributed by atoms with E-state index >= 15 is 0 Å². The molecule has 0 spiro atoms. The number of halogens is 1. The van der Waals surface area contributed by atoms with E-state index in [2.05, 4.69) is 46.0 Å². The van der Waals surface area contributed by atoms with Gasteiger partial charge in [-0.2, -0.15) is 11.1 Å². The average molecular weight is 225 g/mol. The lowest BCUT2D eigenvalue weighted by molar-refractivity contribution is 1.35. The summed E-state index contributed by atoms with van der Waals surface area (Å²) in [5.41, 5.74) is 5.83. The van der Waals surface area contributed by atoms with E-state index in [-0.39, 0.29) is 0 Å². The number of rotatable bonds is 2. The third kappa shape index (κ3) is 2.10. The van der Waals surface area contributed by atoms with Gasteiger partial charge in [-0.05, 0) is 43.6 Å². The van der Waals surface area contributed by atoms with Crippen molar-refractivity contribution in [3.05, 3.63) is 41.1 Å². The molecule has 0 fully saturated rings. The molecule has 0 N–H and O–H groups in total. The molecule has 1 aromatic carbocycles. The molecule has 0 aliphatic heterocycles. The van der Waals surface area contributed by atoms with Crippen molar-refractivity contribution in [3.63, 3.8) is 0 Å². The maximum atomic E-state index is 6.53. The quantitative estimate of drug-likeness (QED) is 0.534. The highest BCUT2D eigenvalue weighted by molar-refractivity contribution is 7.29. The van der Waals surface area contributed by atoms with Crippen LogP contribution in [0.3, 0.4) is 0 Å². The van der Waals surface area contributed by atoms with Gasteiger partial charge in [0.25, 0.3) is 0 Å². The van der Waals surface area contributed by atoms with Crippen molar-refractivity contribution in [2.45, 2.75) is 27.3 Å². The monoisotopic (exact) mass is 224 g/mol. The summed E-state index contributed by atoms with van der Waals surface area (Å²) in [4.78, 5) is 0. The Kier molecular flexibility index (Phi) is 3.23. The van der Waals surface area contributed by atoms with E-state index in [0.29, 0.717) is 0 Å². The van der Waals surface area contributed by atoms with E-state index in [1.807, 2.05) is 5.70 Å². The van der Waals surface area contributed by atoms with E-state index in [1.54, 1.807) is 0 Å². The first kappa shape index (κ1) is 11.5. The Morgan fingerprint density at radius 1 is 1.21 bits per heavy atom.